The first-order valence-corrected chi connectivity index (χ1v) is 6.12. The van der Waals surface area contributed by atoms with Gasteiger partial charge in [0.2, 0.25) is 5.91 Å². The minimum atomic E-state index is 0.218. The van der Waals surface area contributed by atoms with Crippen LogP contribution in [0.2, 0.25) is 0 Å². The fourth-order valence-corrected chi connectivity index (χ4v) is 1.91. The van der Waals surface area contributed by atoms with Crippen LogP contribution in [0.15, 0.2) is 0 Å². The van der Waals surface area contributed by atoms with Crippen molar-refractivity contribution in [3.63, 3.8) is 0 Å². The molecule has 1 heterocycles. The highest BCUT2D eigenvalue weighted by Crippen LogP contribution is 2.11. The van der Waals surface area contributed by atoms with Crippen LogP contribution in [0.3, 0.4) is 0 Å². The largest absolute Gasteiger partial charge is 0.343 e. The Kier molecular flexibility index (Phi) is 5.09. The topological polar surface area (TPSA) is 32.3 Å². The summed E-state index contributed by atoms with van der Waals surface area (Å²) in [5.74, 6) is 0.978. The third-order valence-corrected chi connectivity index (χ3v) is 3.39. The maximum absolute atomic E-state index is 11.1. The molecule has 1 N–H and O–H groups in total. The summed E-state index contributed by atoms with van der Waals surface area (Å²) in [6.07, 6.45) is 3.45. The Morgan fingerprint density at radius 3 is 2.53 bits per heavy atom. The molecule has 1 fully saturated rings. The van der Waals surface area contributed by atoms with E-state index in [9.17, 15) is 4.79 Å². The van der Waals surface area contributed by atoms with Gasteiger partial charge in [-0.3, -0.25) is 4.79 Å². The second-order valence-corrected chi connectivity index (χ2v) is 4.70. The van der Waals surface area contributed by atoms with Crippen molar-refractivity contribution >= 4 is 5.91 Å². The molecule has 1 aliphatic heterocycles. The number of piperidine rings is 1. The maximum Gasteiger partial charge on any atom is 0.219 e. The number of nitrogens with one attached hydrogen (secondary N) is 1. The summed E-state index contributed by atoms with van der Waals surface area (Å²) in [5.41, 5.74) is 0. The SMILES string of the molecule is CCC(C)CNC1CCN(C(C)=O)CC1. The lowest BCUT2D eigenvalue weighted by molar-refractivity contribution is -0.129. The second-order valence-electron chi connectivity index (χ2n) is 4.70. The molecule has 1 unspecified atom stereocenters. The van der Waals surface area contributed by atoms with Gasteiger partial charge in [0, 0.05) is 26.1 Å². The molecule has 1 rings (SSSR count). The van der Waals surface area contributed by atoms with Gasteiger partial charge in [0.15, 0.2) is 0 Å². The Morgan fingerprint density at radius 1 is 1.47 bits per heavy atom. The minimum absolute atomic E-state index is 0.218. The Labute approximate surface area is 93.2 Å². The van der Waals surface area contributed by atoms with Crippen molar-refractivity contribution in [1.82, 2.24) is 10.2 Å². The highest BCUT2D eigenvalue weighted by Gasteiger charge is 2.20. The molecule has 0 aromatic rings. The van der Waals surface area contributed by atoms with E-state index in [0.29, 0.717) is 6.04 Å². The van der Waals surface area contributed by atoms with Crippen molar-refractivity contribution in [1.29, 1.82) is 0 Å². The maximum atomic E-state index is 11.1. The zero-order chi connectivity index (χ0) is 11.3. The van der Waals surface area contributed by atoms with Gasteiger partial charge in [-0.05, 0) is 25.3 Å². The predicted molar refractivity (Wildman–Crippen MR) is 62.7 cm³/mol. The molecule has 0 aromatic carbocycles. The van der Waals surface area contributed by atoms with Crippen LogP contribution in [0, 0.1) is 5.92 Å². The number of rotatable bonds is 4. The second kappa shape index (κ2) is 6.11. The van der Waals surface area contributed by atoms with Gasteiger partial charge >= 0.3 is 0 Å². The van der Waals surface area contributed by atoms with Crippen molar-refractivity contribution < 1.29 is 4.79 Å². The van der Waals surface area contributed by atoms with Crippen LogP contribution in [0.25, 0.3) is 0 Å². The molecular formula is C12H24N2O. The molecule has 1 saturated heterocycles. The molecule has 1 aliphatic rings. The molecule has 0 saturated carbocycles. The van der Waals surface area contributed by atoms with Crippen LogP contribution in [-0.2, 0) is 4.79 Å². The summed E-state index contributed by atoms with van der Waals surface area (Å²) in [4.78, 5) is 13.1. The molecule has 3 nitrogen and oxygen atoms in total. The van der Waals surface area contributed by atoms with E-state index in [1.54, 1.807) is 6.92 Å². The predicted octanol–water partition coefficient (Wildman–Crippen LogP) is 1.63. The number of nitrogens with zero attached hydrogens (tertiary/aromatic N) is 1. The average molecular weight is 212 g/mol. The molecule has 1 atom stereocenters. The third-order valence-electron chi connectivity index (χ3n) is 3.39. The summed E-state index contributed by atoms with van der Waals surface area (Å²) in [6.45, 7) is 9.12. The molecule has 1 amide bonds. The lowest BCUT2D eigenvalue weighted by Gasteiger charge is -2.32. The van der Waals surface area contributed by atoms with Gasteiger partial charge in [0.25, 0.3) is 0 Å². The highest BCUT2D eigenvalue weighted by atomic mass is 16.2. The summed E-state index contributed by atoms with van der Waals surface area (Å²) in [6, 6.07) is 0.620. The normalized spacial score (nSPS) is 20.3. The van der Waals surface area contributed by atoms with E-state index in [-0.39, 0.29) is 5.91 Å². The van der Waals surface area contributed by atoms with Gasteiger partial charge in [-0.1, -0.05) is 20.3 Å². The fourth-order valence-electron chi connectivity index (χ4n) is 1.91. The molecule has 15 heavy (non-hydrogen) atoms. The number of hydrogen-bond donors (Lipinski definition) is 1. The van der Waals surface area contributed by atoms with Gasteiger partial charge in [0.1, 0.15) is 0 Å². The Bertz CT molecular complexity index is 198. The van der Waals surface area contributed by atoms with Crippen LogP contribution < -0.4 is 5.32 Å². The first-order chi connectivity index (χ1) is 7.13. The molecule has 0 spiro atoms. The van der Waals surface area contributed by atoms with Crippen LogP contribution in [-0.4, -0.2) is 36.5 Å². The van der Waals surface area contributed by atoms with E-state index in [1.807, 2.05) is 4.90 Å². The summed E-state index contributed by atoms with van der Waals surface area (Å²) in [7, 11) is 0. The molecule has 0 aromatic heterocycles. The monoisotopic (exact) mass is 212 g/mol. The molecule has 88 valence electrons. The summed E-state index contributed by atoms with van der Waals surface area (Å²) >= 11 is 0. The number of amides is 1. The minimum Gasteiger partial charge on any atom is -0.343 e. The van der Waals surface area contributed by atoms with Crippen molar-refractivity contribution in [3.05, 3.63) is 0 Å². The molecule has 0 radical (unpaired) electrons. The van der Waals surface area contributed by atoms with E-state index >= 15 is 0 Å². The van der Waals surface area contributed by atoms with E-state index in [4.69, 9.17) is 0 Å². The third kappa shape index (κ3) is 4.20. The molecular weight excluding hydrogens is 188 g/mol. The quantitative estimate of drug-likeness (QED) is 0.768. The van der Waals surface area contributed by atoms with Crippen LogP contribution in [0.1, 0.15) is 40.0 Å². The number of carbonyl (C=O) groups is 1. The van der Waals surface area contributed by atoms with Crippen molar-refractivity contribution in [2.24, 2.45) is 5.92 Å². The summed E-state index contributed by atoms with van der Waals surface area (Å²) < 4.78 is 0. The number of likely N-dealkylation sites (tertiary alicyclic amines) is 1. The number of hydrogen-bond acceptors (Lipinski definition) is 2. The lowest BCUT2D eigenvalue weighted by atomic mass is 10.0. The average Bonchev–Trinajstić information content (AvgIpc) is 2.26. The standard InChI is InChI=1S/C12H24N2O/c1-4-10(2)9-13-12-5-7-14(8-6-12)11(3)15/h10,12-13H,4-9H2,1-3H3. The van der Waals surface area contributed by atoms with Gasteiger partial charge in [-0.25, -0.2) is 0 Å². The number of carbonyl (C=O) groups excluding carboxylic acids is 1. The molecule has 3 heteroatoms. The van der Waals surface area contributed by atoms with Crippen LogP contribution >= 0.6 is 0 Å². The van der Waals surface area contributed by atoms with E-state index in [0.717, 1.165) is 38.4 Å². The van der Waals surface area contributed by atoms with Crippen molar-refractivity contribution in [2.75, 3.05) is 19.6 Å². The van der Waals surface area contributed by atoms with Crippen LogP contribution in [0.5, 0.6) is 0 Å². The zero-order valence-corrected chi connectivity index (χ0v) is 10.3. The highest BCUT2D eigenvalue weighted by molar-refractivity contribution is 5.73. The van der Waals surface area contributed by atoms with E-state index < -0.39 is 0 Å². The van der Waals surface area contributed by atoms with Crippen molar-refractivity contribution in [3.8, 4) is 0 Å². The Hall–Kier alpha value is -0.570. The van der Waals surface area contributed by atoms with Gasteiger partial charge in [-0.15, -0.1) is 0 Å². The first-order valence-electron chi connectivity index (χ1n) is 6.12. The Balaban J connectivity index is 2.17. The summed E-state index contributed by atoms with van der Waals surface area (Å²) in [5, 5.41) is 3.59. The molecule has 0 aliphatic carbocycles. The zero-order valence-electron chi connectivity index (χ0n) is 10.3. The lowest BCUT2D eigenvalue weighted by Crippen LogP contribution is -2.45. The Morgan fingerprint density at radius 2 is 2.07 bits per heavy atom. The van der Waals surface area contributed by atoms with Gasteiger partial charge in [-0.2, -0.15) is 0 Å². The van der Waals surface area contributed by atoms with Crippen molar-refractivity contribution in [2.45, 2.75) is 46.1 Å². The van der Waals surface area contributed by atoms with Gasteiger partial charge < -0.3 is 10.2 Å². The van der Waals surface area contributed by atoms with E-state index in [1.165, 1.54) is 6.42 Å². The van der Waals surface area contributed by atoms with Crippen LogP contribution in [0.4, 0.5) is 0 Å². The smallest absolute Gasteiger partial charge is 0.219 e. The fraction of sp³-hybridized carbons (Fsp3) is 0.917. The van der Waals surface area contributed by atoms with Gasteiger partial charge in [0.05, 0.1) is 0 Å². The first kappa shape index (κ1) is 12.5. The van der Waals surface area contributed by atoms with E-state index in [2.05, 4.69) is 19.2 Å². The molecule has 0 bridgehead atoms.